The molecule has 3 aromatic carbocycles. The van der Waals surface area contributed by atoms with Crippen LogP contribution in [0.4, 0.5) is 0 Å². The lowest BCUT2D eigenvalue weighted by atomic mass is 9.96. The van der Waals surface area contributed by atoms with E-state index in [4.69, 9.17) is 0 Å². The molecule has 0 atom stereocenters. The first-order chi connectivity index (χ1) is 13.8. The third kappa shape index (κ3) is 3.72. The van der Waals surface area contributed by atoms with Crippen LogP contribution in [0.2, 0.25) is 0 Å². The van der Waals surface area contributed by atoms with Crippen LogP contribution in [0.3, 0.4) is 0 Å². The van der Waals surface area contributed by atoms with Gasteiger partial charge >= 0.3 is 0 Å². The topological polar surface area (TPSA) is 30.0 Å². The van der Waals surface area contributed by atoms with Crippen molar-refractivity contribution in [3.8, 4) is 11.1 Å². The van der Waals surface area contributed by atoms with Crippen molar-refractivity contribution in [3.63, 3.8) is 0 Å². The lowest BCUT2D eigenvalue weighted by Crippen LogP contribution is -1.93. The molecule has 0 aliphatic carbocycles. The Balaban J connectivity index is 1.52. The Morgan fingerprint density at radius 2 is 1.68 bits per heavy atom. The number of aryl methyl sites for hydroxylation is 3. The fourth-order valence-electron chi connectivity index (χ4n) is 3.77. The van der Waals surface area contributed by atoms with Crippen LogP contribution in [0.5, 0.6) is 0 Å². The summed E-state index contributed by atoms with van der Waals surface area (Å²) >= 11 is 0. The molecule has 2 nitrogen and oxygen atoms in total. The molecule has 0 unspecified atom stereocenters. The molecule has 0 N–H and O–H groups in total. The predicted molar refractivity (Wildman–Crippen MR) is 116 cm³/mol. The van der Waals surface area contributed by atoms with Crippen molar-refractivity contribution in [2.75, 3.05) is 0 Å². The Labute approximate surface area is 165 Å². The van der Waals surface area contributed by atoms with Gasteiger partial charge in [-0.05, 0) is 66.1 Å². The van der Waals surface area contributed by atoms with Gasteiger partial charge in [0.2, 0.25) is 0 Å². The van der Waals surface area contributed by atoms with Gasteiger partial charge in [-0.25, -0.2) is 0 Å². The average molecular weight is 365 g/mol. The SMILES string of the molecule is Cc1ccccc1CCCc1ccc(-c2ccc(C=O)c3ncccc23)cc1. The van der Waals surface area contributed by atoms with E-state index >= 15 is 0 Å². The van der Waals surface area contributed by atoms with Crippen LogP contribution < -0.4 is 0 Å². The number of rotatable bonds is 6. The van der Waals surface area contributed by atoms with Gasteiger partial charge in [0.15, 0.2) is 6.29 Å². The number of fused-ring (bicyclic) bond motifs is 1. The second kappa shape index (κ2) is 8.18. The number of carbonyl (C=O) groups is 1. The van der Waals surface area contributed by atoms with E-state index in [2.05, 4.69) is 60.4 Å². The molecular formula is C26H23NO. The summed E-state index contributed by atoms with van der Waals surface area (Å²) in [4.78, 5) is 15.7. The molecular weight excluding hydrogens is 342 g/mol. The highest BCUT2D eigenvalue weighted by Gasteiger charge is 2.08. The zero-order chi connectivity index (χ0) is 19.3. The van der Waals surface area contributed by atoms with Gasteiger partial charge in [-0.3, -0.25) is 9.78 Å². The molecule has 0 bridgehead atoms. The molecule has 138 valence electrons. The van der Waals surface area contributed by atoms with Crippen molar-refractivity contribution in [1.29, 1.82) is 0 Å². The minimum absolute atomic E-state index is 0.632. The van der Waals surface area contributed by atoms with E-state index in [9.17, 15) is 4.79 Å². The van der Waals surface area contributed by atoms with Gasteiger partial charge in [0.05, 0.1) is 5.52 Å². The van der Waals surface area contributed by atoms with E-state index in [1.54, 1.807) is 6.20 Å². The molecule has 0 aliphatic heterocycles. The lowest BCUT2D eigenvalue weighted by Gasteiger charge is -2.09. The molecule has 2 heteroatoms. The maximum Gasteiger partial charge on any atom is 0.152 e. The number of pyridine rings is 1. The molecule has 0 saturated carbocycles. The summed E-state index contributed by atoms with van der Waals surface area (Å²) in [5.74, 6) is 0. The Bertz CT molecular complexity index is 1110. The second-order valence-corrected chi connectivity index (χ2v) is 7.20. The van der Waals surface area contributed by atoms with Crippen LogP contribution >= 0.6 is 0 Å². The van der Waals surface area contributed by atoms with Crippen molar-refractivity contribution in [1.82, 2.24) is 4.98 Å². The minimum atomic E-state index is 0.632. The maximum absolute atomic E-state index is 11.3. The molecule has 4 aromatic rings. The van der Waals surface area contributed by atoms with Crippen LogP contribution in [-0.2, 0) is 12.8 Å². The first-order valence-corrected chi connectivity index (χ1v) is 9.73. The van der Waals surface area contributed by atoms with Gasteiger partial charge in [0.1, 0.15) is 0 Å². The molecule has 0 radical (unpaired) electrons. The maximum atomic E-state index is 11.3. The fraction of sp³-hybridized carbons (Fsp3) is 0.154. The Hall–Kier alpha value is -3.26. The fourth-order valence-corrected chi connectivity index (χ4v) is 3.77. The molecule has 0 aliphatic rings. The van der Waals surface area contributed by atoms with Crippen LogP contribution in [0.1, 0.15) is 33.5 Å². The average Bonchev–Trinajstić information content (AvgIpc) is 2.75. The Morgan fingerprint density at radius 1 is 0.857 bits per heavy atom. The van der Waals surface area contributed by atoms with E-state index in [1.165, 1.54) is 16.7 Å². The number of nitrogens with zero attached hydrogens (tertiary/aromatic N) is 1. The van der Waals surface area contributed by atoms with Gasteiger partial charge in [-0.15, -0.1) is 0 Å². The number of carbonyl (C=O) groups excluding carboxylic acids is 1. The van der Waals surface area contributed by atoms with Gasteiger partial charge in [-0.1, -0.05) is 60.7 Å². The lowest BCUT2D eigenvalue weighted by molar-refractivity contribution is 0.112. The monoisotopic (exact) mass is 365 g/mol. The Morgan fingerprint density at radius 3 is 2.46 bits per heavy atom. The summed E-state index contributed by atoms with van der Waals surface area (Å²) in [5.41, 5.74) is 7.82. The number of hydrogen-bond donors (Lipinski definition) is 0. The summed E-state index contributed by atoms with van der Waals surface area (Å²) in [7, 11) is 0. The van der Waals surface area contributed by atoms with Gasteiger partial charge in [0, 0.05) is 17.1 Å². The molecule has 1 aromatic heterocycles. The summed E-state index contributed by atoms with van der Waals surface area (Å²) in [6.45, 7) is 2.18. The van der Waals surface area contributed by atoms with Crippen LogP contribution in [0, 0.1) is 6.92 Å². The van der Waals surface area contributed by atoms with E-state index in [1.807, 2.05) is 24.3 Å². The zero-order valence-electron chi connectivity index (χ0n) is 16.1. The first kappa shape index (κ1) is 18.1. The van der Waals surface area contributed by atoms with Crippen molar-refractivity contribution < 1.29 is 4.79 Å². The number of aldehydes is 1. The second-order valence-electron chi connectivity index (χ2n) is 7.20. The quantitative estimate of drug-likeness (QED) is 0.381. The van der Waals surface area contributed by atoms with E-state index in [0.29, 0.717) is 5.56 Å². The van der Waals surface area contributed by atoms with Crippen LogP contribution in [-0.4, -0.2) is 11.3 Å². The predicted octanol–water partition coefficient (Wildman–Crippen LogP) is 6.20. The van der Waals surface area contributed by atoms with Crippen LogP contribution in [0.15, 0.2) is 79.0 Å². The molecule has 1 heterocycles. The molecule has 0 fully saturated rings. The molecule has 0 saturated heterocycles. The number of hydrogen-bond acceptors (Lipinski definition) is 2. The summed E-state index contributed by atoms with van der Waals surface area (Å²) in [6.07, 6.45) is 5.93. The standard InChI is InChI=1S/C26H23NO/c1-19-6-2-3-8-21(19)9-4-7-20-11-13-22(14-12-20)24-16-15-23(18-28)26-25(24)10-5-17-27-26/h2-3,5-6,8,10-18H,4,7,9H2,1H3. The van der Waals surface area contributed by atoms with E-state index in [0.717, 1.165) is 47.6 Å². The van der Waals surface area contributed by atoms with E-state index in [-0.39, 0.29) is 0 Å². The molecule has 0 amide bonds. The van der Waals surface area contributed by atoms with Crippen molar-refractivity contribution in [3.05, 3.63) is 101 Å². The highest BCUT2D eigenvalue weighted by molar-refractivity contribution is 6.03. The highest BCUT2D eigenvalue weighted by atomic mass is 16.1. The number of aromatic nitrogens is 1. The van der Waals surface area contributed by atoms with Gasteiger partial charge in [-0.2, -0.15) is 0 Å². The van der Waals surface area contributed by atoms with E-state index < -0.39 is 0 Å². The summed E-state index contributed by atoms with van der Waals surface area (Å²) < 4.78 is 0. The normalized spacial score (nSPS) is 10.9. The van der Waals surface area contributed by atoms with Crippen LogP contribution in [0.25, 0.3) is 22.0 Å². The Kier molecular flexibility index (Phi) is 5.29. The highest BCUT2D eigenvalue weighted by Crippen LogP contribution is 2.29. The third-order valence-electron chi connectivity index (χ3n) is 5.37. The number of benzene rings is 3. The van der Waals surface area contributed by atoms with Crippen molar-refractivity contribution in [2.24, 2.45) is 0 Å². The third-order valence-corrected chi connectivity index (χ3v) is 5.37. The first-order valence-electron chi connectivity index (χ1n) is 9.73. The van der Waals surface area contributed by atoms with Gasteiger partial charge < -0.3 is 0 Å². The van der Waals surface area contributed by atoms with Gasteiger partial charge in [0.25, 0.3) is 0 Å². The largest absolute Gasteiger partial charge is 0.298 e. The molecule has 28 heavy (non-hydrogen) atoms. The van der Waals surface area contributed by atoms with Crippen molar-refractivity contribution >= 4 is 17.2 Å². The van der Waals surface area contributed by atoms with Crippen molar-refractivity contribution in [2.45, 2.75) is 26.2 Å². The summed E-state index contributed by atoms with van der Waals surface area (Å²) in [5, 5.41) is 1.01. The zero-order valence-corrected chi connectivity index (χ0v) is 16.1. The smallest absolute Gasteiger partial charge is 0.152 e. The molecule has 0 spiro atoms. The molecule has 4 rings (SSSR count). The summed E-state index contributed by atoms with van der Waals surface area (Å²) in [6, 6.07) is 25.2. The minimum Gasteiger partial charge on any atom is -0.298 e.